The number of nitrogens with two attached hydrogens (primary N) is 1. The number of nitrogen functional groups attached to an aromatic ring is 1. The summed E-state index contributed by atoms with van der Waals surface area (Å²) in [7, 11) is -2.03. The molecule has 0 fully saturated rings. The van der Waals surface area contributed by atoms with Crippen LogP contribution >= 0.6 is 11.3 Å². The number of hydrogen-bond acceptors (Lipinski definition) is 5. The average molecular weight is 269 g/mol. The summed E-state index contributed by atoms with van der Waals surface area (Å²) in [5.74, 6) is 0. The Morgan fingerprint density at radius 1 is 1.35 bits per heavy atom. The highest BCUT2D eigenvalue weighted by atomic mass is 32.2. The van der Waals surface area contributed by atoms with E-state index in [1.54, 1.807) is 29.9 Å². The molecule has 0 saturated heterocycles. The minimum absolute atomic E-state index is 0.231. The van der Waals surface area contributed by atoms with Crippen LogP contribution in [0.5, 0.6) is 0 Å². The molecule has 0 aliphatic carbocycles. The maximum Gasteiger partial charge on any atom is 0.273 e. The van der Waals surface area contributed by atoms with E-state index in [4.69, 9.17) is 5.73 Å². The topological polar surface area (TPSA) is 76.3 Å². The van der Waals surface area contributed by atoms with Crippen molar-refractivity contribution in [2.75, 3.05) is 17.1 Å². The Labute approximate surface area is 104 Å². The summed E-state index contributed by atoms with van der Waals surface area (Å²) in [4.78, 5) is 3.85. The molecule has 0 unspecified atom stereocenters. The molecule has 7 heteroatoms. The number of anilines is 2. The highest BCUT2D eigenvalue weighted by Crippen LogP contribution is 2.27. The minimum Gasteiger partial charge on any atom is -0.398 e. The Morgan fingerprint density at radius 2 is 2.00 bits per heavy atom. The van der Waals surface area contributed by atoms with Gasteiger partial charge >= 0.3 is 0 Å². The van der Waals surface area contributed by atoms with Gasteiger partial charge in [-0.05, 0) is 18.2 Å². The summed E-state index contributed by atoms with van der Waals surface area (Å²) in [5.41, 5.74) is 6.55. The molecule has 0 radical (unpaired) electrons. The van der Waals surface area contributed by atoms with E-state index in [0.717, 1.165) is 11.3 Å². The standard InChI is InChI=1S/C10H11N3O2S2/c1-13(9-2-4-12-5-3-9)17(14,15)10-6-8(11)7-16-10/h2-7H,11H2,1H3. The lowest BCUT2D eigenvalue weighted by atomic mass is 10.4. The molecule has 2 aromatic heterocycles. The predicted octanol–water partition coefficient (Wildman–Crippen LogP) is 1.55. The summed E-state index contributed by atoms with van der Waals surface area (Å²) >= 11 is 1.11. The van der Waals surface area contributed by atoms with Gasteiger partial charge < -0.3 is 5.73 Å². The van der Waals surface area contributed by atoms with Gasteiger partial charge in [0, 0.05) is 30.5 Å². The van der Waals surface area contributed by atoms with Crippen molar-refractivity contribution in [3.05, 3.63) is 36.0 Å². The maximum absolute atomic E-state index is 12.2. The molecule has 0 amide bonds. The summed E-state index contributed by atoms with van der Waals surface area (Å²) in [6, 6.07) is 4.72. The first-order chi connectivity index (χ1) is 8.01. The first kappa shape index (κ1) is 11.9. The Bertz CT molecular complexity index is 607. The van der Waals surface area contributed by atoms with Gasteiger partial charge in [0.05, 0.1) is 5.69 Å². The summed E-state index contributed by atoms with van der Waals surface area (Å²) in [6.45, 7) is 0. The molecule has 0 spiro atoms. The van der Waals surface area contributed by atoms with Gasteiger partial charge in [0.2, 0.25) is 0 Å². The second-order valence-corrected chi connectivity index (χ2v) is 6.48. The molecule has 17 heavy (non-hydrogen) atoms. The number of nitrogens with zero attached hydrogens (tertiary/aromatic N) is 2. The largest absolute Gasteiger partial charge is 0.398 e. The smallest absolute Gasteiger partial charge is 0.273 e. The van der Waals surface area contributed by atoms with Crippen molar-refractivity contribution in [3.63, 3.8) is 0 Å². The monoisotopic (exact) mass is 269 g/mol. The number of rotatable bonds is 3. The van der Waals surface area contributed by atoms with E-state index >= 15 is 0 Å². The Kier molecular flexibility index (Phi) is 3.03. The molecular weight excluding hydrogens is 258 g/mol. The third kappa shape index (κ3) is 2.25. The summed E-state index contributed by atoms with van der Waals surface area (Å²) in [5, 5.41) is 1.60. The van der Waals surface area contributed by atoms with E-state index < -0.39 is 10.0 Å². The van der Waals surface area contributed by atoms with Crippen LogP contribution in [0.2, 0.25) is 0 Å². The van der Waals surface area contributed by atoms with E-state index in [1.165, 1.54) is 17.4 Å². The Hall–Kier alpha value is -1.60. The normalized spacial score (nSPS) is 11.4. The lowest BCUT2D eigenvalue weighted by molar-refractivity contribution is 0.596. The van der Waals surface area contributed by atoms with Gasteiger partial charge in [0.1, 0.15) is 4.21 Å². The van der Waals surface area contributed by atoms with Crippen LogP contribution in [0.1, 0.15) is 0 Å². The van der Waals surface area contributed by atoms with Crippen LogP contribution in [0.4, 0.5) is 11.4 Å². The molecule has 2 heterocycles. The highest BCUT2D eigenvalue weighted by Gasteiger charge is 2.22. The van der Waals surface area contributed by atoms with Crippen molar-refractivity contribution >= 4 is 32.7 Å². The molecule has 0 aliphatic rings. The maximum atomic E-state index is 12.2. The van der Waals surface area contributed by atoms with Crippen molar-refractivity contribution in [1.29, 1.82) is 0 Å². The quantitative estimate of drug-likeness (QED) is 0.917. The van der Waals surface area contributed by atoms with E-state index in [-0.39, 0.29) is 4.21 Å². The fraction of sp³-hybridized carbons (Fsp3) is 0.100. The molecule has 2 rings (SSSR count). The summed E-state index contributed by atoms with van der Waals surface area (Å²) in [6.07, 6.45) is 3.09. The van der Waals surface area contributed by atoms with Gasteiger partial charge in [-0.15, -0.1) is 11.3 Å². The van der Waals surface area contributed by atoms with Crippen LogP contribution in [0.3, 0.4) is 0 Å². The first-order valence-electron chi connectivity index (χ1n) is 4.75. The van der Waals surface area contributed by atoms with E-state index in [9.17, 15) is 8.42 Å². The number of thiophene rings is 1. The number of sulfonamides is 1. The van der Waals surface area contributed by atoms with Crippen molar-refractivity contribution in [2.45, 2.75) is 4.21 Å². The lowest BCUT2D eigenvalue weighted by Crippen LogP contribution is -2.25. The molecule has 0 bridgehead atoms. The minimum atomic E-state index is -3.53. The van der Waals surface area contributed by atoms with Gasteiger partial charge in [0.25, 0.3) is 10.0 Å². The van der Waals surface area contributed by atoms with Crippen molar-refractivity contribution in [1.82, 2.24) is 4.98 Å². The SMILES string of the molecule is CN(c1ccncc1)S(=O)(=O)c1cc(N)cs1. The molecule has 0 aliphatic heterocycles. The zero-order valence-electron chi connectivity index (χ0n) is 9.07. The zero-order valence-corrected chi connectivity index (χ0v) is 10.7. The molecule has 2 N–H and O–H groups in total. The van der Waals surface area contributed by atoms with E-state index in [1.807, 2.05) is 0 Å². The van der Waals surface area contributed by atoms with Crippen LogP contribution in [0.25, 0.3) is 0 Å². The molecule has 5 nitrogen and oxygen atoms in total. The van der Waals surface area contributed by atoms with Crippen LogP contribution < -0.4 is 10.0 Å². The second-order valence-electron chi connectivity index (χ2n) is 3.38. The van der Waals surface area contributed by atoms with Crippen LogP contribution in [0.15, 0.2) is 40.2 Å². The highest BCUT2D eigenvalue weighted by molar-refractivity contribution is 7.94. The summed E-state index contributed by atoms with van der Waals surface area (Å²) < 4.78 is 25.9. The average Bonchev–Trinajstić information content (AvgIpc) is 2.77. The van der Waals surface area contributed by atoms with Gasteiger partial charge in [-0.1, -0.05) is 0 Å². The third-order valence-corrected chi connectivity index (χ3v) is 5.46. The number of hydrogen-bond donors (Lipinski definition) is 1. The molecule has 2 aromatic rings. The van der Waals surface area contributed by atoms with Crippen LogP contribution in [0, 0.1) is 0 Å². The van der Waals surface area contributed by atoms with Crippen LogP contribution in [-0.4, -0.2) is 20.4 Å². The van der Waals surface area contributed by atoms with E-state index in [2.05, 4.69) is 4.98 Å². The van der Waals surface area contributed by atoms with Crippen molar-refractivity contribution in [3.8, 4) is 0 Å². The molecule has 0 saturated carbocycles. The zero-order chi connectivity index (χ0) is 12.5. The third-order valence-electron chi connectivity index (χ3n) is 2.24. The number of pyridine rings is 1. The van der Waals surface area contributed by atoms with Crippen LogP contribution in [-0.2, 0) is 10.0 Å². The lowest BCUT2D eigenvalue weighted by Gasteiger charge is -2.17. The Morgan fingerprint density at radius 3 is 2.53 bits per heavy atom. The fourth-order valence-corrected chi connectivity index (χ4v) is 3.74. The molecule has 90 valence electrons. The van der Waals surface area contributed by atoms with Gasteiger partial charge in [-0.25, -0.2) is 8.42 Å². The number of aromatic nitrogens is 1. The van der Waals surface area contributed by atoms with E-state index in [0.29, 0.717) is 11.4 Å². The molecule has 0 atom stereocenters. The fourth-order valence-electron chi connectivity index (χ4n) is 1.29. The van der Waals surface area contributed by atoms with Crippen molar-refractivity contribution < 1.29 is 8.42 Å². The predicted molar refractivity (Wildman–Crippen MR) is 68.6 cm³/mol. The molecular formula is C10H11N3O2S2. The second kappa shape index (κ2) is 4.34. The van der Waals surface area contributed by atoms with Gasteiger partial charge in [-0.3, -0.25) is 9.29 Å². The van der Waals surface area contributed by atoms with Gasteiger partial charge in [-0.2, -0.15) is 0 Å². The molecule has 0 aromatic carbocycles. The van der Waals surface area contributed by atoms with Crippen molar-refractivity contribution in [2.24, 2.45) is 0 Å². The Balaban J connectivity index is 2.40. The first-order valence-corrected chi connectivity index (χ1v) is 7.07. The van der Waals surface area contributed by atoms with Gasteiger partial charge in [0.15, 0.2) is 0 Å².